The second kappa shape index (κ2) is 4.42. The highest BCUT2D eigenvalue weighted by molar-refractivity contribution is 9.10. The maximum atomic E-state index is 5.59. The summed E-state index contributed by atoms with van der Waals surface area (Å²) in [6.07, 6.45) is 4.57. The molecule has 1 fully saturated rings. The first-order chi connectivity index (χ1) is 8.29. The van der Waals surface area contributed by atoms with Gasteiger partial charge in [0.1, 0.15) is 5.82 Å². The zero-order valence-electron chi connectivity index (χ0n) is 9.69. The van der Waals surface area contributed by atoms with E-state index in [1.54, 1.807) is 0 Å². The summed E-state index contributed by atoms with van der Waals surface area (Å²) >= 11 is 3.50. The number of nitrogens with two attached hydrogens (primary N) is 1. The fraction of sp³-hybridized carbons (Fsp3) is 0.462. The van der Waals surface area contributed by atoms with Gasteiger partial charge in [0.25, 0.3) is 0 Å². The van der Waals surface area contributed by atoms with Crippen molar-refractivity contribution >= 4 is 27.0 Å². The molecule has 0 atom stereocenters. The second-order valence-corrected chi connectivity index (χ2v) is 5.57. The monoisotopic (exact) mass is 293 g/mol. The van der Waals surface area contributed by atoms with Gasteiger partial charge in [0.2, 0.25) is 0 Å². The lowest BCUT2D eigenvalue weighted by molar-refractivity contribution is 0.674. The van der Waals surface area contributed by atoms with Crippen molar-refractivity contribution in [3.63, 3.8) is 0 Å². The van der Waals surface area contributed by atoms with Gasteiger partial charge in [-0.15, -0.1) is 0 Å². The van der Waals surface area contributed by atoms with E-state index < -0.39 is 0 Å². The summed E-state index contributed by atoms with van der Waals surface area (Å²) in [5.41, 5.74) is 7.95. The first-order valence-electron chi connectivity index (χ1n) is 6.16. The summed E-state index contributed by atoms with van der Waals surface area (Å²) in [5.74, 6) is 1.20. The van der Waals surface area contributed by atoms with Crippen molar-refractivity contribution in [2.45, 2.75) is 31.7 Å². The second-order valence-electron chi connectivity index (χ2n) is 4.65. The highest BCUT2D eigenvalue weighted by atomic mass is 79.9. The third-order valence-corrected chi connectivity index (χ3v) is 3.73. The minimum atomic E-state index is 0.675. The predicted molar refractivity (Wildman–Crippen MR) is 73.1 cm³/mol. The van der Waals surface area contributed by atoms with Gasteiger partial charge in [-0.05, 0) is 44.0 Å². The van der Waals surface area contributed by atoms with Crippen LogP contribution in [0.2, 0.25) is 0 Å². The Morgan fingerprint density at radius 3 is 2.94 bits per heavy atom. The molecule has 17 heavy (non-hydrogen) atoms. The van der Waals surface area contributed by atoms with Gasteiger partial charge in [-0.3, -0.25) is 0 Å². The van der Waals surface area contributed by atoms with Gasteiger partial charge in [-0.25, -0.2) is 4.98 Å². The molecule has 2 N–H and O–H groups in total. The first kappa shape index (κ1) is 11.2. The molecule has 0 bridgehead atoms. The van der Waals surface area contributed by atoms with Gasteiger partial charge in [-0.2, -0.15) is 0 Å². The van der Waals surface area contributed by atoms with Crippen molar-refractivity contribution in [3.05, 3.63) is 28.5 Å². The number of imidazole rings is 1. The Balaban J connectivity index is 2.09. The van der Waals surface area contributed by atoms with E-state index in [9.17, 15) is 0 Å². The predicted octanol–water partition coefficient (Wildman–Crippen LogP) is 3.03. The van der Waals surface area contributed by atoms with Crippen LogP contribution >= 0.6 is 15.9 Å². The third-order valence-electron chi connectivity index (χ3n) is 3.24. The quantitative estimate of drug-likeness (QED) is 0.942. The summed E-state index contributed by atoms with van der Waals surface area (Å²) < 4.78 is 3.51. The Morgan fingerprint density at radius 1 is 1.41 bits per heavy atom. The Labute approximate surface area is 109 Å². The summed E-state index contributed by atoms with van der Waals surface area (Å²) in [4.78, 5) is 4.75. The number of fused-ring (bicyclic) bond motifs is 1. The van der Waals surface area contributed by atoms with E-state index in [4.69, 9.17) is 10.7 Å². The van der Waals surface area contributed by atoms with Crippen molar-refractivity contribution in [2.75, 3.05) is 6.54 Å². The van der Waals surface area contributed by atoms with Gasteiger partial charge in [0.05, 0.1) is 11.0 Å². The van der Waals surface area contributed by atoms with Crippen LogP contribution in [0, 0.1) is 0 Å². The molecule has 1 aromatic heterocycles. The van der Waals surface area contributed by atoms with Crippen molar-refractivity contribution in [3.8, 4) is 0 Å². The average molecular weight is 294 g/mol. The smallest absolute Gasteiger partial charge is 0.110 e. The topological polar surface area (TPSA) is 43.8 Å². The zero-order valence-corrected chi connectivity index (χ0v) is 11.3. The van der Waals surface area contributed by atoms with Crippen molar-refractivity contribution in [1.82, 2.24) is 9.55 Å². The largest absolute Gasteiger partial charge is 0.330 e. The highest BCUT2D eigenvalue weighted by Crippen LogP contribution is 2.39. The van der Waals surface area contributed by atoms with E-state index in [0.29, 0.717) is 6.04 Å². The number of aromatic nitrogens is 2. The molecule has 0 radical (unpaired) electrons. The minimum Gasteiger partial charge on any atom is -0.330 e. The Bertz CT molecular complexity index is 543. The highest BCUT2D eigenvalue weighted by Gasteiger charge is 2.27. The van der Waals surface area contributed by atoms with Crippen LogP contribution in [0.4, 0.5) is 0 Å². The number of benzene rings is 1. The Morgan fingerprint density at radius 2 is 2.24 bits per heavy atom. The molecule has 4 heteroatoms. The minimum absolute atomic E-state index is 0.675. The molecule has 3 nitrogen and oxygen atoms in total. The van der Waals surface area contributed by atoms with Crippen LogP contribution in [0.25, 0.3) is 11.0 Å². The number of rotatable bonds is 4. The SMILES string of the molecule is NCCCc1nc2cc(Br)ccc2n1C1CC1. The van der Waals surface area contributed by atoms with E-state index in [1.807, 2.05) is 0 Å². The number of nitrogens with zero attached hydrogens (tertiary/aromatic N) is 2. The molecule has 2 aromatic rings. The van der Waals surface area contributed by atoms with E-state index in [2.05, 4.69) is 38.7 Å². The standard InChI is InChI=1S/C13H16BrN3/c14-9-3-6-12-11(8-9)16-13(2-1-7-15)17(12)10-4-5-10/h3,6,8,10H,1-2,4-5,7,15H2. The van der Waals surface area contributed by atoms with Crippen molar-refractivity contribution in [1.29, 1.82) is 0 Å². The van der Waals surface area contributed by atoms with Crippen molar-refractivity contribution < 1.29 is 0 Å². The van der Waals surface area contributed by atoms with Gasteiger partial charge in [0, 0.05) is 16.9 Å². The normalized spacial score (nSPS) is 15.6. The van der Waals surface area contributed by atoms with E-state index in [0.717, 1.165) is 29.4 Å². The van der Waals surface area contributed by atoms with Crippen LogP contribution in [0.1, 0.15) is 31.1 Å². The molecule has 3 rings (SSSR count). The molecule has 1 heterocycles. The maximum Gasteiger partial charge on any atom is 0.110 e. The van der Waals surface area contributed by atoms with Gasteiger partial charge >= 0.3 is 0 Å². The molecule has 0 aliphatic heterocycles. The lowest BCUT2D eigenvalue weighted by Gasteiger charge is -2.06. The number of hydrogen-bond acceptors (Lipinski definition) is 2. The summed E-state index contributed by atoms with van der Waals surface area (Å²) in [5, 5.41) is 0. The number of aryl methyl sites for hydroxylation is 1. The zero-order chi connectivity index (χ0) is 11.8. The number of halogens is 1. The molecule has 1 saturated carbocycles. The van der Waals surface area contributed by atoms with Crippen LogP contribution in [0.15, 0.2) is 22.7 Å². The summed E-state index contributed by atoms with van der Waals surface area (Å²) in [6, 6.07) is 7.03. The lowest BCUT2D eigenvalue weighted by atomic mass is 10.3. The molecule has 1 aliphatic carbocycles. The van der Waals surface area contributed by atoms with Crippen LogP contribution in [-0.4, -0.2) is 16.1 Å². The molecular weight excluding hydrogens is 278 g/mol. The van der Waals surface area contributed by atoms with Crippen LogP contribution in [0.5, 0.6) is 0 Å². The van der Waals surface area contributed by atoms with Crippen LogP contribution in [0.3, 0.4) is 0 Å². The fourth-order valence-corrected chi connectivity index (χ4v) is 2.65. The molecule has 0 amide bonds. The van der Waals surface area contributed by atoms with E-state index >= 15 is 0 Å². The third kappa shape index (κ3) is 2.11. The molecule has 0 spiro atoms. The van der Waals surface area contributed by atoms with Crippen LogP contribution in [-0.2, 0) is 6.42 Å². The van der Waals surface area contributed by atoms with Crippen LogP contribution < -0.4 is 5.73 Å². The fourth-order valence-electron chi connectivity index (χ4n) is 2.30. The molecule has 0 unspecified atom stereocenters. The van der Waals surface area contributed by atoms with Gasteiger partial charge in [-0.1, -0.05) is 15.9 Å². The van der Waals surface area contributed by atoms with Crippen molar-refractivity contribution in [2.24, 2.45) is 5.73 Å². The summed E-state index contributed by atoms with van der Waals surface area (Å²) in [6.45, 7) is 0.734. The molecule has 1 aliphatic rings. The number of hydrogen-bond donors (Lipinski definition) is 1. The van der Waals surface area contributed by atoms with Gasteiger partial charge in [0.15, 0.2) is 0 Å². The van der Waals surface area contributed by atoms with E-state index in [-0.39, 0.29) is 0 Å². The molecule has 1 aromatic carbocycles. The first-order valence-corrected chi connectivity index (χ1v) is 6.95. The average Bonchev–Trinajstić information content (AvgIpc) is 3.08. The molecular formula is C13H16BrN3. The van der Waals surface area contributed by atoms with E-state index in [1.165, 1.54) is 24.2 Å². The Hall–Kier alpha value is -0.870. The molecule has 90 valence electrons. The molecule has 0 saturated heterocycles. The van der Waals surface area contributed by atoms with Gasteiger partial charge < -0.3 is 10.3 Å². The lowest BCUT2D eigenvalue weighted by Crippen LogP contribution is -2.06. The Kier molecular flexibility index (Phi) is 2.92. The maximum absolute atomic E-state index is 5.59. The summed E-state index contributed by atoms with van der Waals surface area (Å²) in [7, 11) is 0.